The van der Waals surface area contributed by atoms with Crippen LogP contribution in [0.3, 0.4) is 0 Å². The summed E-state index contributed by atoms with van der Waals surface area (Å²) < 4.78 is 2.93. The predicted octanol–water partition coefficient (Wildman–Crippen LogP) is 4.61. The van der Waals surface area contributed by atoms with Crippen LogP contribution in [0.5, 0.6) is 0 Å². The highest BCUT2D eigenvalue weighted by atomic mass is 32.2. The second-order valence-electron chi connectivity index (χ2n) is 5.42. The number of carbonyl (C=O) groups is 1. The van der Waals surface area contributed by atoms with Crippen LogP contribution >= 0.6 is 35.3 Å². The molecule has 3 aromatic rings. The minimum absolute atomic E-state index is 0.0278. The van der Waals surface area contributed by atoms with Crippen molar-refractivity contribution in [3.05, 3.63) is 68.2 Å². The second-order valence-corrected chi connectivity index (χ2v) is 8.27. The Bertz CT molecular complexity index is 1050. The van der Waals surface area contributed by atoms with Crippen molar-refractivity contribution >= 4 is 52.6 Å². The predicted molar refractivity (Wildman–Crippen MR) is 109 cm³/mol. The minimum Gasteiger partial charge on any atom is -0.325 e. The van der Waals surface area contributed by atoms with Crippen molar-refractivity contribution in [1.29, 1.82) is 0 Å². The summed E-state index contributed by atoms with van der Waals surface area (Å²) in [5, 5.41) is 18.1. The van der Waals surface area contributed by atoms with Crippen LogP contribution in [0.25, 0.3) is 5.69 Å². The molecule has 0 aliphatic heterocycles. The van der Waals surface area contributed by atoms with E-state index in [0.29, 0.717) is 19.5 Å². The highest BCUT2D eigenvalue weighted by Crippen LogP contribution is 2.27. The number of nitro groups is 1. The SMILES string of the molecule is Cc1c(NC(=O)CSc2nn(-c3ccccc3)c(=S)s2)cccc1[N+](=O)[O-]. The molecule has 7 nitrogen and oxygen atoms in total. The number of anilines is 1. The number of rotatable bonds is 6. The van der Waals surface area contributed by atoms with Gasteiger partial charge in [0, 0.05) is 6.07 Å². The van der Waals surface area contributed by atoms with E-state index >= 15 is 0 Å². The first-order valence-corrected chi connectivity index (χ1v) is 9.99. The Hall–Kier alpha value is -2.56. The topological polar surface area (TPSA) is 90.1 Å². The molecule has 0 fully saturated rings. The standard InChI is InChI=1S/C17H14N4O3S3/c1-11-13(8-5-9-14(11)21(23)24)18-15(22)10-26-16-19-20(17(25)27-16)12-6-3-2-4-7-12/h2-9H,10H2,1H3,(H,18,22). The average Bonchev–Trinajstić information content (AvgIpc) is 3.03. The molecule has 0 saturated carbocycles. The van der Waals surface area contributed by atoms with E-state index < -0.39 is 4.92 Å². The van der Waals surface area contributed by atoms with E-state index in [9.17, 15) is 14.9 Å². The summed E-state index contributed by atoms with van der Waals surface area (Å²) in [5.41, 5.74) is 1.68. The van der Waals surface area contributed by atoms with Crippen LogP contribution in [0.4, 0.5) is 11.4 Å². The summed E-state index contributed by atoms with van der Waals surface area (Å²) in [5.74, 6) is -0.143. The fraction of sp³-hybridized carbons (Fsp3) is 0.118. The van der Waals surface area contributed by atoms with E-state index in [1.807, 2.05) is 30.3 Å². The van der Waals surface area contributed by atoms with E-state index in [1.165, 1.54) is 29.2 Å². The van der Waals surface area contributed by atoms with E-state index in [2.05, 4.69) is 10.4 Å². The monoisotopic (exact) mass is 418 g/mol. The maximum atomic E-state index is 12.2. The Labute approximate surface area is 168 Å². The summed E-state index contributed by atoms with van der Waals surface area (Å²) >= 11 is 7.93. The number of hydrogen-bond acceptors (Lipinski definition) is 7. The van der Waals surface area contributed by atoms with Crippen LogP contribution < -0.4 is 5.32 Å². The Balaban J connectivity index is 1.66. The molecule has 27 heavy (non-hydrogen) atoms. The molecule has 0 saturated heterocycles. The zero-order valence-electron chi connectivity index (χ0n) is 14.1. The van der Waals surface area contributed by atoms with E-state index in [4.69, 9.17) is 12.2 Å². The smallest absolute Gasteiger partial charge is 0.274 e. The molecule has 1 N–H and O–H groups in total. The Morgan fingerprint density at radius 1 is 1.30 bits per heavy atom. The third-order valence-corrected chi connectivity index (χ3v) is 6.00. The largest absolute Gasteiger partial charge is 0.325 e. The molecule has 1 heterocycles. The van der Waals surface area contributed by atoms with Crippen molar-refractivity contribution < 1.29 is 9.72 Å². The highest BCUT2D eigenvalue weighted by molar-refractivity contribution is 8.01. The molecule has 0 bridgehead atoms. The molecule has 138 valence electrons. The van der Waals surface area contributed by atoms with Crippen molar-refractivity contribution in [2.45, 2.75) is 11.3 Å². The van der Waals surface area contributed by atoms with Crippen LogP contribution in [0, 0.1) is 21.0 Å². The van der Waals surface area contributed by atoms with Gasteiger partial charge in [0.1, 0.15) is 0 Å². The van der Waals surface area contributed by atoms with E-state index in [0.717, 1.165) is 5.69 Å². The van der Waals surface area contributed by atoms with Crippen LogP contribution in [0.1, 0.15) is 5.56 Å². The van der Waals surface area contributed by atoms with Crippen LogP contribution in [-0.2, 0) is 4.79 Å². The summed E-state index contributed by atoms with van der Waals surface area (Å²) in [6.07, 6.45) is 0. The first kappa shape index (κ1) is 19.2. The van der Waals surface area contributed by atoms with Crippen molar-refractivity contribution in [3.8, 4) is 5.69 Å². The van der Waals surface area contributed by atoms with Gasteiger partial charge in [-0.2, -0.15) is 0 Å². The lowest BCUT2D eigenvalue weighted by molar-refractivity contribution is -0.385. The molecule has 0 spiro atoms. The lowest BCUT2D eigenvalue weighted by Crippen LogP contribution is -2.15. The van der Waals surface area contributed by atoms with E-state index in [-0.39, 0.29) is 17.3 Å². The van der Waals surface area contributed by atoms with Crippen molar-refractivity contribution in [2.75, 3.05) is 11.1 Å². The fourth-order valence-electron chi connectivity index (χ4n) is 2.32. The summed E-state index contributed by atoms with van der Waals surface area (Å²) in [6, 6.07) is 14.1. The zero-order valence-corrected chi connectivity index (χ0v) is 16.6. The Morgan fingerprint density at radius 2 is 2.04 bits per heavy atom. The molecule has 0 atom stereocenters. The second kappa shape index (κ2) is 8.42. The van der Waals surface area contributed by atoms with Crippen LogP contribution in [-0.4, -0.2) is 26.4 Å². The van der Waals surface area contributed by atoms with Crippen molar-refractivity contribution in [2.24, 2.45) is 0 Å². The number of thioether (sulfide) groups is 1. The normalized spacial score (nSPS) is 10.6. The number of carbonyl (C=O) groups excluding carboxylic acids is 1. The molecule has 0 aliphatic rings. The molecule has 1 aromatic heterocycles. The van der Waals surface area contributed by atoms with Crippen LogP contribution in [0.15, 0.2) is 52.9 Å². The van der Waals surface area contributed by atoms with Gasteiger partial charge in [0.05, 0.1) is 27.6 Å². The number of amides is 1. The number of aromatic nitrogens is 2. The maximum absolute atomic E-state index is 12.2. The summed E-state index contributed by atoms with van der Waals surface area (Å²) in [4.78, 5) is 22.7. The Kier molecular flexibility index (Phi) is 5.99. The number of benzene rings is 2. The van der Waals surface area contributed by atoms with Gasteiger partial charge < -0.3 is 5.32 Å². The molecular formula is C17H14N4O3S3. The lowest BCUT2D eigenvalue weighted by atomic mass is 10.1. The van der Waals surface area contributed by atoms with Gasteiger partial charge in [0.25, 0.3) is 5.69 Å². The molecule has 2 aromatic carbocycles. The van der Waals surface area contributed by atoms with Crippen molar-refractivity contribution in [3.63, 3.8) is 0 Å². The van der Waals surface area contributed by atoms with E-state index in [1.54, 1.807) is 23.7 Å². The third-order valence-electron chi connectivity index (χ3n) is 3.63. The number of nitro benzene ring substituents is 1. The highest BCUT2D eigenvalue weighted by Gasteiger charge is 2.15. The molecule has 0 aliphatic carbocycles. The molecule has 0 radical (unpaired) electrons. The lowest BCUT2D eigenvalue weighted by Gasteiger charge is -2.07. The van der Waals surface area contributed by atoms with Crippen LogP contribution in [0.2, 0.25) is 0 Å². The molecule has 0 unspecified atom stereocenters. The van der Waals surface area contributed by atoms with Crippen molar-refractivity contribution in [1.82, 2.24) is 9.78 Å². The van der Waals surface area contributed by atoms with Gasteiger partial charge >= 0.3 is 0 Å². The molecule has 1 amide bonds. The zero-order chi connectivity index (χ0) is 19.4. The van der Waals surface area contributed by atoms with Gasteiger partial charge in [-0.1, -0.05) is 47.4 Å². The number of hydrogen-bond donors (Lipinski definition) is 1. The molecular weight excluding hydrogens is 404 g/mol. The Morgan fingerprint density at radius 3 is 2.74 bits per heavy atom. The van der Waals surface area contributed by atoms with Gasteiger partial charge in [-0.05, 0) is 37.3 Å². The molecule has 10 heteroatoms. The fourth-order valence-corrected chi connectivity index (χ4v) is 4.48. The van der Waals surface area contributed by atoms with Gasteiger partial charge in [-0.15, -0.1) is 5.10 Å². The molecule has 3 rings (SSSR count). The first-order valence-electron chi connectivity index (χ1n) is 7.78. The summed E-state index contributed by atoms with van der Waals surface area (Å²) in [7, 11) is 0. The third kappa shape index (κ3) is 4.59. The van der Waals surface area contributed by atoms with Gasteiger partial charge in [0.15, 0.2) is 8.29 Å². The number of nitrogens with one attached hydrogen (secondary N) is 1. The maximum Gasteiger partial charge on any atom is 0.274 e. The quantitative estimate of drug-likeness (QED) is 0.272. The average molecular weight is 419 g/mol. The minimum atomic E-state index is -0.469. The summed E-state index contributed by atoms with van der Waals surface area (Å²) in [6.45, 7) is 1.61. The number of para-hydroxylation sites is 1. The van der Waals surface area contributed by atoms with Gasteiger partial charge in [0.2, 0.25) is 5.91 Å². The number of nitrogens with zero attached hydrogens (tertiary/aromatic N) is 3. The first-order chi connectivity index (χ1) is 13.0. The van der Waals surface area contributed by atoms with Gasteiger partial charge in [-0.25, -0.2) is 4.68 Å². The van der Waals surface area contributed by atoms with Gasteiger partial charge in [-0.3, -0.25) is 14.9 Å².